The second-order valence-electron chi connectivity index (χ2n) is 20.1. The number of para-hydroxylation sites is 4. The van der Waals surface area contributed by atoms with Gasteiger partial charge in [0.1, 0.15) is 25.6 Å². The van der Waals surface area contributed by atoms with Gasteiger partial charge in [-0.05, 0) is 178 Å². The summed E-state index contributed by atoms with van der Waals surface area (Å²) in [6.07, 6.45) is 5.57. The average Bonchev–Trinajstić information content (AvgIpc) is 3.26. The number of amides is 3. The minimum Gasteiger partial charge on any atom is -0.489 e. The van der Waals surface area contributed by atoms with Gasteiger partial charge in [0.2, 0.25) is 6.79 Å². The third-order valence-corrected chi connectivity index (χ3v) is 17.1. The molecule has 0 radical (unpaired) electrons. The number of aliphatic imine (C=N–C) groups is 3. The predicted molar refractivity (Wildman–Crippen MR) is 349 cm³/mol. The molecule has 9 aromatic rings. The van der Waals surface area contributed by atoms with Gasteiger partial charge in [-0.15, -0.1) is 0 Å². The first-order valence-corrected chi connectivity index (χ1v) is 30.2. The van der Waals surface area contributed by atoms with Crippen molar-refractivity contribution in [1.82, 2.24) is 0 Å². The highest BCUT2D eigenvalue weighted by Gasteiger charge is 2.38. The average molecular weight is 1200 g/mol. The zero-order valence-electron chi connectivity index (χ0n) is 46.1. The van der Waals surface area contributed by atoms with Crippen molar-refractivity contribution in [2.75, 3.05) is 34.7 Å². The minimum absolute atomic E-state index is 0.124. The van der Waals surface area contributed by atoms with E-state index in [0.29, 0.717) is 89.2 Å². The number of carbonyl (C=O) groups is 3. The lowest BCUT2D eigenvalue weighted by Crippen LogP contribution is -2.28. The Kier molecular flexibility index (Phi) is 15.3. The number of thioether (sulfide) groups is 3. The Morgan fingerprint density at radius 1 is 0.414 bits per heavy atom. The molecule has 3 fully saturated rings. The molecule has 5 heterocycles. The maximum Gasteiger partial charge on any atom is 0.271 e. The second kappa shape index (κ2) is 24.3. The molecule has 5 aliphatic rings. The fraction of sp³-hybridized carbons (Fsp3) is 0.0571. The Balaban J connectivity index is 0.745. The van der Waals surface area contributed by atoms with Crippen LogP contribution in [0.5, 0.6) is 28.7 Å². The highest BCUT2D eigenvalue weighted by molar-refractivity contribution is 8.20. The summed E-state index contributed by atoms with van der Waals surface area (Å²) >= 11 is 3.90. The van der Waals surface area contributed by atoms with Gasteiger partial charge in [0, 0.05) is 11.6 Å². The fourth-order valence-electron chi connectivity index (χ4n) is 10.1. The zero-order valence-corrected chi connectivity index (χ0v) is 48.5. The van der Waals surface area contributed by atoms with Gasteiger partial charge in [-0.25, -0.2) is 15.0 Å². The number of carbonyl (C=O) groups excluding carboxylic acids is 3. The summed E-state index contributed by atoms with van der Waals surface area (Å²) < 4.78 is 30.2. The van der Waals surface area contributed by atoms with Crippen molar-refractivity contribution in [2.45, 2.75) is 6.61 Å². The molecule has 87 heavy (non-hydrogen) atoms. The van der Waals surface area contributed by atoms with Crippen molar-refractivity contribution in [2.24, 2.45) is 15.0 Å². The number of benzene rings is 9. The highest BCUT2D eigenvalue weighted by Crippen LogP contribution is 2.46. The second-order valence-corrected chi connectivity index (χ2v) is 23.1. The molecule has 3 saturated heterocycles. The molecule has 0 saturated carbocycles. The van der Waals surface area contributed by atoms with Crippen molar-refractivity contribution in [1.29, 1.82) is 0 Å². The van der Waals surface area contributed by atoms with Crippen LogP contribution in [0.3, 0.4) is 0 Å². The Labute approximate surface area is 513 Å². The van der Waals surface area contributed by atoms with Crippen LogP contribution in [0.25, 0.3) is 29.4 Å². The van der Waals surface area contributed by atoms with Crippen LogP contribution in [-0.2, 0) is 21.0 Å². The van der Waals surface area contributed by atoms with Crippen molar-refractivity contribution < 1.29 is 38.1 Å². The standard InChI is InChI=1S/C70H48N6O8S3/c77-65-61(85-68(71-50-16-5-1-6-17-50)74(65)53-21-9-3-10-22-53)38-45-27-29-46(30-28-45)43-82-56-26-14-25-55(42-56)76-67(79)62(39-47-31-32-58-59(36-47)84-44-83-58)86-70(76)73-52-20-13-15-49(41-52)57-35-48(37-60-64(57)81-34-33-80-60)40-63-66(78)75(54-23-11-4-12-24-54)69(87-63)72-51-18-7-2-8-19-51/h1-32,35-42H,33-34,43-44H2/b61-38-,62-39-,63-40-,71-68-,72-69-,73-70-. The third-order valence-electron chi connectivity index (χ3n) is 14.2. The van der Waals surface area contributed by atoms with E-state index in [4.69, 9.17) is 38.7 Å². The SMILES string of the molecule is O=C1/C(=C/c2ccc(COc3cccc(N4C(=O)/C(=C/c5ccc6c(c5)OCO6)S/C4=N\c4cccc(-c5cc(/C=C6\S/C(=N\c7ccccc7)N(c7ccccc7)C6=O)cc6c5OCCO6)c4)c3)cc2)S/C(=N\c2ccccc2)N1c1ccccc1. The van der Waals surface area contributed by atoms with Gasteiger partial charge >= 0.3 is 0 Å². The molecule has 0 N–H and O–H groups in total. The lowest BCUT2D eigenvalue weighted by molar-refractivity contribution is -0.114. The summed E-state index contributed by atoms with van der Waals surface area (Å²) in [6.45, 7) is 1.07. The fourth-order valence-corrected chi connectivity index (χ4v) is 13.1. The first-order chi connectivity index (χ1) is 42.8. The molecule has 0 unspecified atom stereocenters. The quantitative estimate of drug-likeness (QED) is 0.102. The van der Waals surface area contributed by atoms with Crippen molar-refractivity contribution in [3.05, 3.63) is 261 Å². The van der Waals surface area contributed by atoms with Crippen LogP contribution in [0.15, 0.2) is 254 Å². The number of hydrogen-bond donors (Lipinski definition) is 0. The Bertz CT molecular complexity index is 4370. The van der Waals surface area contributed by atoms with Gasteiger partial charge in [-0.3, -0.25) is 29.1 Å². The predicted octanol–water partition coefficient (Wildman–Crippen LogP) is 15.9. The molecule has 0 bridgehead atoms. The van der Waals surface area contributed by atoms with E-state index in [1.54, 1.807) is 14.7 Å². The lowest BCUT2D eigenvalue weighted by atomic mass is 10.00. The minimum atomic E-state index is -0.277. The van der Waals surface area contributed by atoms with Crippen molar-refractivity contribution >= 4 is 121 Å². The molecule has 0 aromatic heterocycles. The van der Waals surface area contributed by atoms with Crippen LogP contribution in [0, 0.1) is 0 Å². The lowest BCUT2D eigenvalue weighted by Gasteiger charge is -2.22. The maximum atomic E-state index is 14.8. The van der Waals surface area contributed by atoms with Crippen LogP contribution in [0.4, 0.5) is 34.1 Å². The van der Waals surface area contributed by atoms with E-state index in [1.807, 2.05) is 243 Å². The summed E-state index contributed by atoms with van der Waals surface area (Å²) in [5.74, 6) is 2.26. The van der Waals surface area contributed by atoms with Crippen LogP contribution < -0.4 is 38.4 Å². The van der Waals surface area contributed by atoms with Gasteiger partial charge in [0.15, 0.2) is 38.5 Å². The smallest absolute Gasteiger partial charge is 0.271 e. The first-order valence-electron chi connectivity index (χ1n) is 27.7. The van der Waals surface area contributed by atoms with Crippen molar-refractivity contribution in [3.63, 3.8) is 0 Å². The molecule has 0 spiro atoms. The molecule has 9 aromatic carbocycles. The van der Waals surface area contributed by atoms with Gasteiger partial charge < -0.3 is 23.7 Å². The molecule has 5 aliphatic heterocycles. The summed E-state index contributed by atoms with van der Waals surface area (Å²) in [5, 5.41) is 1.53. The molecule has 0 aliphatic carbocycles. The molecule has 3 amide bonds. The largest absolute Gasteiger partial charge is 0.489 e. The number of ether oxygens (including phenoxy) is 5. The highest BCUT2D eigenvalue weighted by atomic mass is 32.2. The zero-order chi connectivity index (χ0) is 58.6. The Hall–Kier alpha value is -10.3. The van der Waals surface area contributed by atoms with Crippen LogP contribution >= 0.6 is 35.3 Å². The van der Waals surface area contributed by atoms with Crippen LogP contribution in [0.2, 0.25) is 0 Å². The number of hydrogen-bond acceptors (Lipinski definition) is 14. The molecular formula is C70H48N6O8S3. The van der Waals surface area contributed by atoms with E-state index < -0.39 is 0 Å². The first kappa shape index (κ1) is 54.6. The van der Waals surface area contributed by atoms with E-state index in [2.05, 4.69) is 0 Å². The Morgan fingerprint density at radius 3 is 1.54 bits per heavy atom. The van der Waals surface area contributed by atoms with E-state index in [-0.39, 0.29) is 31.1 Å². The number of amidine groups is 3. The van der Waals surface area contributed by atoms with Gasteiger partial charge in [-0.2, -0.15) is 0 Å². The van der Waals surface area contributed by atoms with Crippen molar-refractivity contribution in [3.8, 4) is 39.9 Å². The number of rotatable bonds is 13. The van der Waals surface area contributed by atoms with E-state index in [0.717, 1.165) is 50.4 Å². The number of anilines is 3. The van der Waals surface area contributed by atoms with Gasteiger partial charge in [0.05, 0.1) is 48.8 Å². The molecule has 14 nitrogen and oxygen atoms in total. The molecule has 0 atom stereocenters. The van der Waals surface area contributed by atoms with Gasteiger partial charge in [0.25, 0.3) is 17.7 Å². The molecule has 17 heteroatoms. The molecule has 424 valence electrons. The van der Waals surface area contributed by atoms with Gasteiger partial charge in [-0.1, -0.05) is 121 Å². The normalized spacial score (nSPS) is 18.2. The topological polar surface area (TPSA) is 144 Å². The summed E-state index contributed by atoms with van der Waals surface area (Å²) in [7, 11) is 0. The van der Waals surface area contributed by atoms with Crippen LogP contribution in [0.1, 0.15) is 22.3 Å². The Morgan fingerprint density at radius 2 is 0.908 bits per heavy atom. The molecular weight excluding hydrogens is 1150 g/mol. The maximum absolute atomic E-state index is 14.8. The van der Waals surface area contributed by atoms with E-state index in [1.165, 1.54) is 35.3 Å². The summed E-state index contributed by atoms with van der Waals surface area (Å²) in [6, 6.07) is 70.6. The third kappa shape index (κ3) is 11.8. The van der Waals surface area contributed by atoms with E-state index >= 15 is 0 Å². The van der Waals surface area contributed by atoms with E-state index in [9.17, 15) is 14.4 Å². The number of fused-ring (bicyclic) bond motifs is 2. The summed E-state index contributed by atoms with van der Waals surface area (Å²) in [4.78, 5) is 64.4. The summed E-state index contributed by atoms with van der Waals surface area (Å²) in [5.41, 5.74) is 8.81. The molecule has 14 rings (SSSR count). The monoisotopic (exact) mass is 1200 g/mol. The van der Waals surface area contributed by atoms with Crippen LogP contribution in [-0.4, -0.2) is 53.2 Å². The number of nitrogens with zero attached hydrogens (tertiary/aromatic N) is 6.